The van der Waals surface area contributed by atoms with Crippen molar-refractivity contribution in [1.29, 1.82) is 0 Å². The van der Waals surface area contributed by atoms with Gasteiger partial charge in [-0.2, -0.15) is 15.1 Å². The highest BCUT2D eigenvalue weighted by Gasteiger charge is 2.25. The quantitative estimate of drug-likeness (QED) is 0.630. The second-order valence-electron chi connectivity index (χ2n) is 7.44. The lowest BCUT2D eigenvalue weighted by molar-refractivity contribution is 0.0896. The van der Waals surface area contributed by atoms with Crippen molar-refractivity contribution in [3.8, 4) is 0 Å². The third-order valence-corrected chi connectivity index (χ3v) is 5.41. The van der Waals surface area contributed by atoms with Crippen molar-refractivity contribution >= 4 is 22.8 Å². The van der Waals surface area contributed by atoms with Gasteiger partial charge in [-0.3, -0.25) is 9.58 Å². The van der Waals surface area contributed by atoms with Crippen molar-refractivity contribution < 1.29 is 0 Å². The standard InChI is InChI=1S/C20H28N8/c1-26-11-12-28(17(14-26)15-7-4-3-5-8-15)10-6-9-22-20-24-18(21)16-13-23-27(2)19(16)25-20/h3-5,7-8,13,17H,6,9-12,14H2,1-2H3,(H3,21,22,24,25). The number of benzene rings is 1. The molecule has 0 amide bonds. The van der Waals surface area contributed by atoms with Crippen LogP contribution < -0.4 is 11.1 Å². The van der Waals surface area contributed by atoms with Gasteiger partial charge in [-0.1, -0.05) is 30.3 Å². The molecule has 1 aliphatic heterocycles. The molecule has 8 heteroatoms. The van der Waals surface area contributed by atoms with Crippen LogP contribution in [0.25, 0.3) is 11.0 Å². The van der Waals surface area contributed by atoms with Gasteiger partial charge in [0.2, 0.25) is 5.95 Å². The summed E-state index contributed by atoms with van der Waals surface area (Å²) in [5.74, 6) is 1.02. The van der Waals surface area contributed by atoms with E-state index in [-0.39, 0.29) is 0 Å². The van der Waals surface area contributed by atoms with Crippen LogP contribution in [0.3, 0.4) is 0 Å². The Morgan fingerprint density at radius 2 is 1.96 bits per heavy atom. The molecule has 1 fully saturated rings. The number of likely N-dealkylation sites (N-methyl/N-ethyl adjacent to an activating group) is 1. The van der Waals surface area contributed by atoms with Crippen molar-refractivity contribution in [2.75, 3.05) is 50.8 Å². The first-order valence-corrected chi connectivity index (χ1v) is 9.78. The monoisotopic (exact) mass is 380 g/mol. The van der Waals surface area contributed by atoms with E-state index in [2.05, 4.69) is 67.6 Å². The molecule has 0 bridgehead atoms. The summed E-state index contributed by atoms with van der Waals surface area (Å²) in [6, 6.07) is 11.2. The van der Waals surface area contributed by atoms with Crippen LogP contribution in [0, 0.1) is 0 Å². The van der Waals surface area contributed by atoms with Gasteiger partial charge in [-0.25, -0.2) is 0 Å². The topological polar surface area (TPSA) is 88.1 Å². The lowest BCUT2D eigenvalue weighted by Crippen LogP contribution is -2.47. The summed E-state index contributed by atoms with van der Waals surface area (Å²) in [7, 11) is 4.06. The predicted octanol–water partition coefficient (Wildman–Crippen LogP) is 1.74. The molecule has 0 spiro atoms. The zero-order valence-electron chi connectivity index (χ0n) is 16.5. The number of hydrogen-bond acceptors (Lipinski definition) is 7. The number of aromatic nitrogens is 4. The van der Waals surface area contributed by atoms with Gasteiger partial charge in [0.15, 0.2) is 5.65 Å². The molecule has 148 valence electrons. The third-order valence-electron chi connectivity index (χ3n) is 5.41. The molecule has 0 saturated carbocycles. The first-order valence-electron chi connectivity index (χ1n) is 9.78. The number of piperazine rings is 1. The molecule has 1 aliphatic rings. The molecule has 4 rings (SSSR count). The summed E-state index contributed by atoms with van der Waals surface area (Å²) in [4.78, 5) is 13.9. The largest absolute Gasteiger partial charge is 0.383 e. The number of anilines is 2. The summed E-state index contributed by atoms with van der Waals surface area (Å²) in [5, 5.41) is 8.30. The Labute approximate surface area is 165 Å². The highest BCUT2D eigenvalue weighted by molar-refractivity contribution is 5.86. The van der Waals surface area contributed by atoms with Gasteiger partial charge >= 0.3 is 0 Å². The second-order valence-corrected chi connectivity index (χ2v) is 7.44. The summed E-state index contributed by atoms with van der Waals surface area (Å²) in [5.41, 5.74) is 8.17. The SMILES string of the molecule is CN1CCN(CCCNc2nc(N)c3cnn(C)c3n2)C(c2ccccc2)C1. The molecule has 3 N–H and O–H groups in total. The number of nitrogen functional groups attached to an aromatic ring is 1. The summed E-state index contributed by atoms with van der Waals surface area (Å²) >= 11 is 0. The number of aryl methyl sites for hydroxylation is 1. The van der Waals surface area contributed by atoms with E-state index in [1.54, 1.807) is 10.9 Å². The lowest BCUT2D eigenvalue weighted by atomic mass is 10.0. The normalized spacial score (nSPS) is 18.6. The van der Waals surface area contributed by atoms with E-state index < -0.39 is 0 Å². The zero-order valence-corrected chi connectivity index (χ0v) is 16.5. The fourth-order valence-corrected chi connectivity index (χ4v) is 3.82. The molecule has 1 atom stereocenters. The minimum atomic E-state index is 0.442. The minimum Gasteiger partial charge on any atom is -0.383 e. The molecular formula is C20H28N8. The van der Waals surface area contributed by atoms with Crippen LogP contribution in [0.4, 0.5) is 11.8 Å². The van der Waals surface area contributed by atoms with Gasteiger partial charge in [-0.15, -0.1) is 0 Å². The Morgan fingerprint density at radius 1 is 1.14 bits per heavy atom. The molecule has 1 saturated heterocycles. The van der Waals surface area contributed by atoms with E-state index in [1.165, 1.54) is 5.56 Å². The Bertz CT molecular complexity index is 923. The maximum Gasteiger partial charge on any atom is 0.226 e. The van der Waals surface area contributed by atoms with Gasteiger partial charge < -0.3 is 16.0 Å². The maximum absolute atomic E-state index is 6.03. The van der Waals surface area contributed by atoms with E-state index in [0.717, 1.165) is 50.2 Å². The highest BCUT2D eigenvalue weighted by Crippen LogP contribution is 2.25. The van der Waals surface area contributed by atoms with E-state index in [0.29, 0.717) is 17.8 Å². The van der Waals surface area contributed by atoms with Crippen LogP contribution in [0.2, 0.25) is 0 Å². The number of hydrogen-bond donors (Lipinski definition) is 2. The summed E-state index contributed by atoms with van der Waals surface area (Å²) in [6.07, 6.45) is 2.71. The van der Waals surface area contributed by atoms with Gasteiger partial charge in [0, 0.05) is 45.8 Å². The van der Waals surface area contributed by atoms with E-state index in [4.69, 9.17) is 5.73 Å². The minimum absolute atomic E-state index is 0.442. The molecule has 1 aromatic carbocycles. The highest BCUT2D eigenvalue weighted by atomic mass is 15.3. The number of fused-ring (bicyclic) bond motifs is 1. The van der Waals surface area contributed by atoms with Crippen molar-refractivity contribution in [3.63, 3.8) is 0 Å². The number of nitrogens with one attached hydrogen (secondary N) is 1. The van der Waals surface area contributed by atoms with Crippen LogP contribution in [0.5, 0.6) is 0 Å². The Kier molecular flexibility index (Phi) is 5.40. The molecule has 1 unspecified atom stereocenters. The third kappa shape index (κ3) is 3.93. The van der Waals surface area contributed by atoms with Gasteiger partial charge in [-0.05, 0) is 19.0 Å². The van der Waals surface area contributed by atoms with Crippen molar-refractivity contribution in [1.82, 2.24) is 29.5 Å². The molecule has 2 aromatic heterocycles. The molecule has 3 aromatic rings. The van der Waals surface area contributed by atoms with Crippen molar-refractivity contribution in [2.45, 2.75) is 12.5 Å². The average Bonchev–Trinajstić information content (AvgIpc) is 3.08. The first-order chi connectivity index (χ1) is 13.6. The molecule has 28 heavy (non-hydrogen) atoms. The van der Waals surface area contributed by atoms with E-state index >= 15 is 0 Å². The maximum atomic E-state index is 6.03. The van der Waals surface area contributed by atoms with Crippen LogP contribution in [-0.4, -0.2) is 69.3 Å². The molecule has 0 radical (unpaired) electrons. The van der Waals surface area contributed by atoms with Crippen LogP contribution in [-0.2, 0) is 7.05 Å². The van der Waals surface area contributed by atoms with Crippen molar-refractivity contribution in [2.24, 2.45) is 7.05 Å². The Hall–Kier alpha value is -2.71. The number of nitrogens with two attached hydrogens (primary N) is 1. The zero-order chi connectivity index (χ0) is 19.5. The second kappa shape index (κ2) is 8.12. The Balaban J connectivity index is 1.36. The van der Waals surface area contributed by atoms with E-state index in [9.17, 15) is 0 Å². The molecule has 0 aliphatic carbocycles. The lowest BCUT2D eigenvalue weighted by Gasteiger charge is -2.40. The van der Waals surface area contributed by atoms with Crippen molar-refractivity contribution in [3.05, 3.63) is 42.1 Å². The number of rotatable bonds is 6. The fraction of sp³-hybridized carbons (Fsp3) is 0.450. The summed E-state index contributed by atoms with van der Waals surface area (Å²) < 4.78 is 1.72. The fourth-order valence-electron chi connectivity index (χ4n) is 3.82. The van der Waals surface area contributed by atoms with E-state index in [1.807, 2.05) is 7.05 Å². The number of nitrogens with zero attached hydrogens (tertiary/aromatic N) is 6. The molecular weight excluding hydrogens is 352 g/mol. The summed E-state index contributed by atoms with van der Waals surface area (Å²) in [6.45, 7) is 5.09. The van der Waals surface area contributed by atoms with Crippen LogP contribution in [0.1, 0.15) is 18.0 Å². The first kappa shape index (κ1) is 18.6. The average molecular weight is 381 g/mol. The smallest absolute Gasteiger partial charge is 0.226 e. The molecule has 3 heterocycles. The predicted molar refractivity (Wildman–Crippen MR) is 112 cm³/mol. The van der Waals surface area contributed by atoms with Crippen LogP contribution >= 0.6 is 0 Å². The van der Waals surface area contributed by atoms with Gasteiger partial charge in [0.05, 0.1) is 11.6 Å². The van der Waals surface area contributed by atoms with Gasteiger partial charge in [0.1, 0.15) is 5.82 Å². The van der Waals surface area contributed by atoms with Crippen LogP contribution in [0.15, 0.2) is 36.5 Å². The molecule has 8 nitrogen and oxygen atoms in total. The Morgan fingerprint density at radius 3 is 2.79 bits per heavy atom. The van der Waals surface area contributed by atoms with Gasteiger partial charge in [0.25, 0.3) is 0 Å².